The van der Waals surface area contributed by atoms with Crippen molar-refractivity contribution in [1.29, 1.82) is 0 Å². The van der Waals surface area contributed by atoms with E-state index in [0.717, 1.165) is 32.4 Å². The van der Waals surface area contributed by atoms with Crippen LogP contribution in [0, 0.1) is 5.92 Å². The van der Waals surface area contributed by atoms with Crippen LogP contribution in [0.4, 0.5) is 0 Å². The molecule has 166 valence electrons. The molecule has 0 radical (unpaired) electrons. The monoisotopic (exact) mass is 451 g/mol. The summed E-state index contributed by atoms with van der Waals surface area (Å²) < 4.78 is 0. The smallest absolute Gasteiger partial charge is 0.227 e. The molecular weight excluding hydrogens is 417 g/mol. The summed E-state index contributed by atoms with van der Waals surface area (Å²) in [5, 5.41) is 3.21. The van der Waals surface area contributed by atoms with Crippen molar-refractivity contribution in [3.05, 3.63) is 71.8 Å². The first-order valence-electron chi connectivity index (χ1n) is 10.3. The van der Waals surface area contributed by atoms with Crippen LogP contribution >= 0.6 is 24.8 Å². The fraction of sp³-hybridized carbons (Fsp3) is 0.458. The molecule has 6 heteroatoms. The van der Waals surface area contributed by atoms with Gasteiger partial charge in [0.05, 0.1) is 5.92 Å². The van der Waals surface area contributed by atoms with E-state index in [1.54, 1.807) is 0 Å². The Labute approximate surface area is 193 Å². The molecule has 2 aromatic carbocycles. The van der Waals surface area contributed by atoms with Crippen molar-refractivity contribution >= 4 is 30.7 Å². The van der Waals surface area contributed by atoms with Gasteiger partial charge in [-0.15, -0.1) is 24.8 Å². The van der Waals surface area contributed by atoms with Crippen LogP contribution in [-0.4, -0.2) is 56.5 Å². The Bertz CT molecular complexity index is 748. The van der Waals surface area contributed by atoms with Gasteiger partial charge in [0.2, 0.25) is 5.91 Å². The van der Waals surface area contributed by atoms with E-state index >= 15 is 0 Å². The second kappa shape index (κ2) is 12.3. The Hall–Kier alpha value is -1.59. The molecule has 1 aliphatic rings. The largest absolute Gasteiger partial charge is 0.342 e. The van der Waals surface area contributed by atoms with Gasteiger partial charge in [-0.2, -0.15) is 0 Å². The highest BCUT2D eigenvalue weighted by atomic mass is 35.5. The molecule has 1 aliphatic heterocycles. The Morgan fingerprint density at radius 3 is 2.03 bits per heavy atom. The van der Waals surface area contributed by atoms with Crippen LogP contribution in [0.25, 0.3) is 0 Å². The first-order chi connectivity index (χ1) is 13.6. The van der Waals surface area contributed by atoms with Crippen molar-refractivity contribution in [3.63, 3.8) is 0 Å². The minimum Gasteiger partial charge on any atom is -0.342 e. The van der Waals surface area contributed by atoms with E-state index in [9.17, 15) is 4.79 Å². The van der Waals surface area contributed by atoms with Crippen molar-refractivity contribution in [2.45, 2.75) is 24.8 Å². The molecule has 1 saturated heterocycles. The minimum atomic E-state index is -0.0176. The van der Waals surface area contributed by atoms with Gasteiger partial charge < -0.3 is 10.2 Å². The van der Waals surface area contributed by atoms with Crippen LogP contribution < -0.4 is 5.32 Å². The lowest BCUT2D eigenvalue weighted by molar-refractivity contribution is -0.138. The first kappa shape index (κ1) is 26.4. The molecule has 0 aliphatic carbocycles. The number of amides is 1. The van der Waals surface area contributed by atoms with Crippen LogP contribution in [0.15, 0.2) is 60.7 Å². The highest BCUT2D eigenvalue weighted by Crippen LogP contribution is 2.37. The summed E-state index contributed by atoms with van der Waals surface area (Å²) in [6.07, 6.45) is 2.72. The molecule has 2 aromatic rings. The van der Waals surface area contributed by atoms with Crippen LogP contribution in [-0.2, 0) is 16.8 Å². The van der Waals surface area contributed by atoms with E-state index < -0.39 is 0 Å². The van der Waals surface area contributed by atoms with E-state index in [1.165, 1.54) is 11.1 Å². The number of carbonyl (C=O) groups excluding carboxylic acids is 1. The van der Waals surface area contributed by atoms with Gasteiger partial charge >= 0.3 is 0 Å². The third kappa shape index (κ3) is 5.98. The lowest BCUT2D eigenvalue weighted by Crippen LogP contribution is -2.53. The van der Waals surface area contributed by atoms with Crippen molar-refractivity contribution in [2.75, 3.05) is 40.8 Å². The van der Waals surface area contributed by atoms with E-state index in [2.05, 4.69) is 71.7 Å². The molecule has 3 rings (SSSR count). The molecule has 1 amide bonds. The van der Waals surface area contributed by atoms with Gasteiger partial charge in [-0.05, 0) is 51.5 Å². The maximum atomic E-state index is 13.3. The number of halogens is 2. The van der Waals surface area contributed by atoms with Crippen molar-refractivity contribution in [2.24, 2.45) is 5.92 Å². The number of piperidine rings is 1. The van der Waals surface area contributed by atoms with Crippen molar-refractivity contribution < 1.29 is 4.79 Å². The minimum absolute atomic E-state index is 0. The maximum absolute atomic E-state index is 13.3. The van der Waals surface area contributed by atoms with E-state index in [4.69, 9.17) is 0 Å². The molecular formula is C24H35Cl2N3O. The molecule has 1 fully saturated rings. The van der Waals surface area contributed by atoms with Gasteiger partial charge in [-0.1, -0.05) is 60.7 Å². The van der Waals surface area contributed by atoms with Crippen LogP contribution in [0.5, 0.6) is 0 Å². The normalized spacial score (nSPS) is 16.3. The third-order valence-corrected chi connectivity index (χ3v) is 6.19. The summed E-state index contributed by atoms with van der Waals surface area (Å²) in [6.45, 7) is 2.32. The first-order valence-corrected chi connectivity index (χ1v) is 10.3. The summed E-state index contributed by atoms with van der Waals surface area (Å²) in [7, 11) is 6.24. The second-order valence-electron chi connectivity index (χ2n) is 8.06. The van der Waals surface area contributed by atoms with Gasteiger partial charge in [0.1, 0.15) is 0 Å². The van der Waals surface area contributed by atoms with Crippen LogP contribution in [0.2, 0.25) is 0 Å². The van der Waals surface area contributed by atoms with E-state index in [1.807, 2.05) is 25.2 Å². The predicted octanol–water partition coefficient (Wildman–Crippen LogP) is 3.99. The number of carbonyl (C=O) groups is 1. The summed E-state index contributed by atoms with van der Waals surface area (Å²) in [5.41, 5.74) is 2.58. The van der Waals surface area contributed by atoms with Crippen molar-refractivity contribution in [3.8, 4) is 0 Å². The quantitative estimate of drug-likeness (QED) is 0.690. The number of nitrogens with zero attached hydrogens (tertiary/aromatic N) is 2. The number of hydrogen-bond acceptors (Lipinski definition) is 3. The molecule has 0 bridgehead atoms. The topological polar surface area (TPSA) is 35.6 Å². The lowest BCUT2D eigenvalue weighted by atomic mass is 9.79. The van der Waals surface area contributed by atoms with Gasteiger partial charge in [0.15, 0.2) is 0 Å². The Morgan fingerprint density at radius 1 is 1.00 bits per heavy atom. The average molecular weight is 452 g/mol. The Kier molecular flexibility index (Phi) is 10.9. The molecule has 30 heavy (non-hydrogen) atoms. The zero-order valence-electron chi connectivity index (χ0n) is 18.2. The highest BCUT2D eigenvalue weighted by Gasteiger charge is 2.40. The van der Waals surface area contributed by atoms with Gasteiger partial charge in [-0.3, -0.25) is 9.69 Å². The number of nitrogens with one attached hydrogen (secondary N) is 1. The Morgan fingerprint density at radius 2 is 1.53 bits per heavy atom. The number of benzene rings is 2. The molecule has 0 unspecified atom stereocenters. The average Bonchev–Trinajstić information content (AvgIpc) is 2.74. The van der Waals surface area contributed by atoms with Crippen LogP contribution in [0.1, 0.15) is 24.0 Å². The lowest BCUT2D eigenvalue weighted by Gasteiger charge is -2.47. The number of rotatable bonds is 7. The zero-order valence-corrected chi connectivity index (χ0v) is 19.8. The van der Waals surface area contributed by atoms with E-state index in [-0.39, 0.29) is 42.2 Å². The zero-order chi connectivity index (χ0) is 20.0. The molecule has 1 N–H and O–H groups in total. The second-order valence-corrected chi connectivity index (χ2v) is 8.06. The van der Waals surface area contributed by atoms with Gasteiger partial charge in [-0.25, -0.2) is 0 Å². The van der Waals surface area contributed by atoms with Gasteiger partial charge in [0.25, 0.3) is 0 Å². The number of hydrogen-bond donors (Lipinski definition) is 1. The summed E-state index contributed by atoms with van der Waals surface area (Å²) in [5.74, 6) is 0.259. The summed E-state index contributed by atoms with van der Waals surface area (Å²) in [6, 6.07) is 21.1. The SMILES string of the molecule is CNC[C@@H](Cc1ccccc1)C(=O)N1CCC(c2ccccc2)(N(C)C)CC1.Cl.Cl. The number of likely N-dealkylation sites (tertiary alicyclic amines) is 1. The molecule has 0 spiro atoms. The van der Waals surface area contributed by atoms with E-state index in [0.29, 0.717) is 6.54 Å². The summed E-state index contributed by atoms with van der Waals surface area (Å²) >= 11 is 0. The Balaban J connectivity index is 0.00000225. The summed E-state index contributed by atoms with van der Waals surface area (Å²) in [4.78, 5) is 17.7. The fourth-order valence-corrected chi connectivity index (χ4v) is 4.49. The molecule has 1 atom stereocenters. The highest BCUT2D eigenvalue weighted by molar-refractivity contribution is 5.85. The predicted molar refractivity (Wildman–Crippen MR) is 130 cm³/mol. The van der Waals surface area contributed by atoms with Crippen LogP contribution in [0.3, 0.4) is 0 Å². The molecule has 0 aromatic heterocycles. The van der Waals surface area contributed by atoms with Gasteiger partial charge in [0, 0.05) is 25.2 Å². The molecule has 0 saturated carbocycles. The maximum Gasteiger partial charge on any atom is 0.227 e. The standard InChI is InChI=1S/C24H33N3O.2ClH/c1-25-19-21(18-20-10-6-4-7-11-20)23(28)27-16-14-24(15-17-27,26(2)3)22-12-8-5-9-13-22;;/h4-13,21,25H,14-19H2,1-3H3;2*1H/t21-;;/m1../s1. The molecule has 1 heterocycles. The fourth-order valence-electron chi connectivity index (χ4n) is 4.49. The molecule has 4 nitrogen and oxygen atoms in total. The van der Waals surface area contributed by atoms with Crippen molar-refractivity contribution in [1.82, 2.24) is 15.1 Å². The third-order valence-electron chi connectivity index (χ3n) is 6.19.